The van der Waals surface area contributed by atoms with Crippen LogP contribution in [-0.2, 0) is 5.60 Å². The van der Waals surface area contributed by atoms with E-state index in [1.165, 1.54) is 12.4 Å². The van der Waals surface area contributed by atoms with Crippen molar-refractivity contribution < 1.29 is 9.50 Å². The minimum Gasteiger partial charge on any atom is -0.385 e. The van der Waals surface area contributed by atoms with Gasteiger partial charge in [0.15, 0.2) is 0 Å². The van der Waals surface area contributed by atoms with E-state index in [1.54, 1.807) is 6.07 Å². The molecule has 2 rings (SSSR count). The van der Waals surface area contributed by atoms with Crippen molar-refractivity contribution in [2.45, 2.75) is 32.3 Å². The van der Waals surface area contributed by atoms with Crippen molar-refractivity contribution in [3.63, 3.8) is 0 Å². The second kappa shape index (κ2) is 5.33. The Morgan fingerprint density at radius 1 is 1.44 bits per heavy atom. The summed E-state index contributed by atoms with van der Waals surface area (Å²) in [5.74, 6) is 0.214. The highest BCUT2D eigenvalue weighted by Crippen LogP contribution is 2.34. The summed E-state index contributed by atoms with van der Waals surface area (Å²) >= 11 is 0. The van der Waals surface area contributed by atoms with Crippen LogP contribution in [-0.4, -0.2) is 34.6 Å². The standard InChI is InChI=1S/C14H21FN2O/c1-11(2)10-17-7-4-14(18,5-8-17)12-3-6-16-9-13(12)15/h3,6,9,11,18H,4-5,7-8,10H2,1-2H3. The SMILES string of the molecule is CC(C)CN1CCC(O)(c2ccncc2F)CC1. The van der Waals surface area contributed by atoms with Gasteiger partial charge in [-0.05, 0) is 24.8 Å². The maximum atomic E-state index is 13.7. The third kappa shape index (κ3) is 2.87. The molecule has 0 aliphatic carbocycles. The van der Waals surface area contributed by atoms with Gasteiger partial charge < -0.3 is 10.0 Å². The summed E-state index contributed by atoms with van der Waals surface area (Å²) in [6, 6.07) is 1.59. The van der Waals surface area contributed by atoms with E-state index in [4.69, 9.17) is 0 Å². The van der Waals surface area contributed by atoms with E-state index >= 15 is 0 Å². The lowest BCUT2D eigenvalue weighted by Crippen LogP contribution is -2.44. The second-order valence-corrected chi connectivity index (χ2v) is 5.58. The van der Waals surface area contributed by atoms with E-state index in [-0.39, 0.29) is 0 Å². The Kier molecular flexibility index (Phi) is 3.97. The van der Waals surface area contributed by atoms with Crippen LogP contribution in [0.4, 0.5) is 4.39 Å². The van der Waals surface area contributed by atoms with Crippen molar-refractivity contribution in [2.24, 2.45) is 5.92 Å². The molecule has 0 saturated carbocycles. The summed E-state index contributed by atoms with van der Waals surface area (Å²) in [6.45, 7) is 7.04. The molecule has 0 bridgehead atoms. The van der Waals surface area contributed by atoms with E-state index in [0.29, 0.717) is 24.3 Å². The maximum absolute atomic E-state index is 13.7. The Morgan fingerprint density at radius 2 is 2.11 bits per heavy atom. The molecule has 1 saturated heterocycles. The number of nitrogens with zero attached hydrogens (tertiary/aromatic N) is 2. The fourth-order valence-electron chi connectivity index (χ4n) is 2.64. The molecule has 1 aromatic heterocycles. The van der Waals surface area contributed by atoms with Crippen LogP contribution in [0.25, 0.3) is 0 Å². The highest BCUT2D eigenvalue weighted by atomic mass is 19.1. The molecule has 2 heterocycles. The van der Waals surface area contributed by atoms with E-state index < -0.39 is 11.4 Å². The van der Waals surface area contributed by atoms with Crippen molar-refractivity contribution >= 4 is 0 Å². The van der Waals surface area contributed by atoms with Crippen molar-refractivity contribution in [1.82, 2.24) is 9.88 Å². The zero-order valence-corrected chi connectivity index (χ0v) is 11.1. The van der Waals surface area contributed by atoms with Crippen molar-refractivity contribution in [3.05, 3.63) is 29.8 Å². The van der Waals surface area contributed by atoms with Crippen LogP contribution in [0, 0.1) is 11.7 Å². The topological polar surface area (TPSA) is 36.4 Å². The quantitative estimate of drug-likeness (QED) is 0.895. The van der Waals surface area contributed by atoms with Gasteiger partial charge in [-0.3, -0.25) is 4.98 Å². The molecule has 0 aromatic carbocycles. The van der Waals surface area contributed by atoms with Gasteiger partial charge in [-0.15, -0.1) is 0 Å². The highest BCUT2D eigenvalue weighted by Gasteiger charge is 2.35. The Labute approximate surface area is 108 Å². The number of hydrogen-bond acceptors (Lipinski definition) is 3. The first-order chi connectivity index (χ1) is 8.51. The monoisotopic (exact) mass is 252 g/mol. The average molecular weight is 252 g/mol. The minimum absolute atomic E-state index is 0.390. The Balaban J connectivity index is 2.05. The van der Waals surface area contributed by atoms with E-state index in [1.807, 2.05) is 0 Å². The Hall–Kier alpha value is -1.00. The normalized spacial score (nSPS) is 20.3. The molecule has 18 heavy (non-hydrogen) atoms. The lowest BCUT2D eigenvalue weighted by atomic mass is 9.84. The molecule has 0 atom stereocenters. The van der Waals surface area contributed by atoms with Gasteiger partial charge in [0.25, 0.3) is 0 Å². The summed E-state index contributed by atoms with van der Waals surface area (Å²) in [7, 11) is 0. The molecule has 4 heteroatoms. The highest BCUT2D eigenvalue weighted by molar-refractivity contribution is 5.22. The van der Waals surface area contributed by atoms with Gasteiger partial charge in [0.05, 0.1) is 11.8 Å². The smallest absolute Gasteiger partial charge is 0.147 e. The fourth-order valence-corrected chi connectivity index (χ4v) is 2.64. The summed E-state index contributed by atoms with van der Waals surface area (Å²) in [5, 5.41) is 10.6. The third-order valence-electron chi connectivity index (χ3n) is 3.58. The van der Waals surface area contributed by atoms with E-state index in [0.717, 1.165) is 19.6 Å². The van der Waals surface area contributed by atoms with Gasteiger partial charge in [0.1, 0.15) is 5.82 Å². The van der Waals surface area contributed by atoms with Crippen LogP contribution in [0.2, 0.25) is 0 Å². The minimum atomic E-state index is -1.03. The fraction of sp³-hybridized carbons (Fsp3) is 0.643. The molecule has 1 aromatic rings. The zero-order valence-electron chi connectivity index (χ0n) is 11.1. The Morgan fingerprint density at radius 3 is 2.67 bits per heavy atom. The van der Waals surface area contributed by atoms with Crippen molar-refractivity contribution in [1.29, 1.82) is 0 Å². The lowest BCUT2D eigenvalue weighted by molar-refractivity contribution is -0.0305. The lowest BCUT2D eigenvalue weighted by Gasteiger charge is -2.39. The zero-order chi connectivity index (χ0) is 13.2. The molecular weight excluding hydrogens is 231 g/mol. The molecule has 0 unspecified atom stereocenters. The van der Waals surface area contributed by atoms with Crippen LogP contribution < -0.4 is 0 Å². The summed E-state index contributed by atoms with van der Waals surface area (Å²) in [4.78, 5) is 6.06. The van der Waals surface area contributed by atoms with Gasteiger partial charge in [0, 0.05) is 31.4 Å². The number of rotatable bonds is 3. The molecule has 1 aliphatic heterocycles. The van der Waals surface area contributed by atoms with Gasteiger partial charge in [0.2, 0.25) is 0 Å². The van der Waals surface area contributed by atoms with Gasteiger partial charge >= 0.3 is 0 Å². The third-order valence-corrected chi connectivity index (χ3v) is 3.58. The first kappa shape index (κ1) is 13.4. The van der Waals surface area contributed by atoms with E-state index in [9.17, 15) is 9.50 Å². The molecule has 1 fully saturated rings. The van der Waals surface area contributed by atoms with Crippen molar-refractivity contribution in [3.8, 4) is 0 Å². The number of piperidine rings is 1. The molecule has 0 radical (unpaired) electrons. The summed E-state index contributed by atoms with van der Waals surface area (Å²) < 4.78 is 13.7. The van der Waals surface area contributed by atoms with Crippen LogP contribution in [0.3, 0.4) is 0 Å². The van der Waals surface area contributed by atoms with Crippen LogP contribution in [0.5, 0.6) is 0 Å². The molecule has 0 amide bonds. The predicted octanol–water partition coefficient (Wildman–Crippen LogP) is 2.16. The molecule has 100 valence electrons. The second-order valence-electron chi connectivity index (χ2n) is 5.58. The van der Waals surface area contributed by atoms with Gasteiger partial charge in [-0.1, -0.05) is 13.8 Å². The summed E-state index contributed by atoms with van der Waals surface area (Å²) in [5.41, 5.74) is -0.637. The number of aromatic nitrogens is 1. The van der Waals surface area contributed by atoms with Crippen LogP contribution >= 0.6 is 0 Å². The van der Waals surface area contributed by atoms with Crippen LogP contribution in [0.15, 0.2) is 18.5 Å². The Bertz CT molecular complexity index is 401. The maximum Gasteiger partial charge on any atom is 0.147 e. The number of pyridine rings is 1. The molecular formula is C14H21FN2O. The summed E-state index contributed by atoms with van der Waals surface area (Å²) in [6.07, 6.45) is 3.88. The predicted molar refractivity (Wildman–Crippen MR) is 68.6 cm³/mol. The van der Waals surface area contributed by atoms with E-state index in [2.05, 4.69) is 23.7 Å². The number of halogens is 1. The first-order valence-corrected chi connectivity index (χ1v) is 6.56. The van der Waals surface area contributed by atoms with Gasteiger partial charge in [-0.25, -0.2) is 4.39 Å². The molecule has 0 spiro atoms. The molecule has 1 aliphatic rings. The molecule has 3 nitrogen and oxygen atoms in total. The number of likely N-dealkylation sites (tertiary alicyclic amines) is 1. The first-order valence-electron chi connectivity index (χ1n) is 6.56. The van der Waals surface area contributed by atoms with Gasteiger partial charge in [-0.2, -0.15) is 0 Å². The molecule has 1 N–H and O–H groups in total. The number of hydrogen-bond donors (Lipinski definition) is 1. The van der Waals surface area contributed by atoms with Crippen LogP contribution in [0.1, 0.15) is 32.3 Å². The van der Waals surface area contributed by atoms with Crippen molar-refractivity contribution in [2.75, 3.05) is 19.6 Å². The largest absolute Gasteiger partial charge is 0.385 e. The number of aliphatic hydroxyl groups is 1. The average Bonchev–Trinajstić information content (AvgIpc) is 2.32.